The molecule has 3 aromatic carbocycles. The minimum absolute atomic E-state index is 0.0778. The van der Waals surface area contributed by atoms with Crippen molar-refractivity contribution in [1.29, 1.82) is 0 Å². The Morgan fingerprint density at radius 2 is 1.70 bits per heavy atom. The number of aryl methyl sites for hydroxylation is 6. The number of carbonyl (C=O) groups excluding carboxylic acids is 1. The monoisotopic (exact) mass is 762 g/mol. The summed E-state index contributed by atoms with van der Waals surface area (Å²) in [6.45, 7) is 14.7. The van der Waals surface area contributed by atoms with Crippen LogP contribution in [0.1, 0.15) is 63.5 Å². The Labute approximate surface area is 325 Å². The van der Waals surface area contributed by atoms with Crippen molar-refractivity contribution in [2.24, 2.45) is 17.1 Å². The first-order valence-electron chi connectivity index (χ1n) is 18.0. The number of hydrazone groups is 1. The fourth-order valence-electron chi connectivity index (χ4n) is 7.85. The van der Waals surface area contributed by atoms with Crippen molar-refractivity contribution in [2.45, 2.75) is 53.5 Å². The molecule has 3 aromatic heterocycles. The SMILES string of the molecule is C=N/C(=N\N(C)C)c1ccc2c(c1)c(N1C[C@@H](C)n3c(c(CCCOc4cc(C)c(Cl)c(C)c4)c4ccc(Cl)c(-c5c(C)ncnc5C)c43)C1=O)cn2C. The van der Waals surface area contributed by atoms with E-state index in [2.05, 4.69) is 42.8 Å². The van der Waals surface area contributed by atoms with Crippen LogP contribution < -0.4 is 9.64 Å². The average Bonchev–Trinajstić information content (AvgIpc) is 3.64. The quantitative estimate of drug-likeness (QED) is 0.0634. The lowest BCUT2D eigenvalue weighted by Crippen LogP contribution is -2.42. The van der Waals surface area contributed by atoms with Gasteiger partial charge in [0, 0.05) is 89.3 Å². The Morgan fingerprint density at radius 3 is 2.37 bits per heavy atom. The number of amidine groups is 1. The molecule has 0 radical (unpaired) electrons. The Bertz CT molecular complexity index is 2470. The number of aliphatic imine (C=N–C) groups is 1. The maximum Gasteiger partial charge on any atom is 0.275 e. The first-order valence-corrected chi connectivity index (χ1v) is 18.7. The third-order valence-corrected chi connectivity index (χ3v) is 11.2. The summed E-state index contributed by atoms with van der Waals surface area (Å²) in [6.07, 6.45) is 4.89. The zero-order valence-electron chi connectivity index (χ0n) is 32.0. The summed E-state index contributed by atoms with van der Waals surface area (Å²) in [6, 6.07) is 13.9. The number of benzene rings is 3. The van der Waals surface area contributed by atoms with Gasteiger partial charge in [-0.05, 0) is 107 Å². The molecule has 0 unspecified atom stereocenters. The van der Waals surface area contributed by atoms with Crippen LogP contribution in [0.25, 0.3) is 32.9 Å². The third-order valence-electron chi connectivity index (χ3n) is 10.2. The van der Waals surface area contributed by atoms with E-state index in [1.54, 1.807) is 11.3 Å². The molecular formula is C42H44Cl2N8O2. The minimum Gasteiger partial charge on any atom is -0.494 e. The number of halogens is 2. The van der Waals surface area contributed by atoms with Crippen LogP contribution in [0.4, 0.5) is 5.69 Å². The first-order chi connectivity index (χ1) is 25.8. The van der Waals surface area contributed by atoms with Crippen LogP contribution in [0.15, 0.2) is 65.1 Å². The minimum atomic E-state index is -0.105. The van der Waals surface area contributed by atoms with E-state index >= 15 is 4.79 Å². The fraction of sp³-hybridized carbons (Fsp3) is 0.310. The number of aromatic nitrogens is 4. The molecule has 0 bridgehead atoms. The number of ether oxygens (including phenoxy) is 1. The predicted molar refractivity (Wildman–Crippen MR) is 221 cm³/mol. The molecule has 1 atom stereocenters. The van der Waals surface area contributed by atoms with E-state index in [4.69, 9.17) is 27.9 Å². The van der Waals surface area contributed by atoms with Gasteiger partial charge in [-0.3, -0.25) is 4.79 Å². The van der Waals surface area contributed by atoms with Crippen molar-refractivity contribution in [2.75, 3.05) is 32.1 Å². The molecule has 0 fully saturated rings. The number of anilines is 1. The van der Waals surface area contributed by atoms with Gasteiger partial charge < -0.3 is 23.8 Å². The van der Waals surface area contributed by atoms with Crippen LogP contribution in [0.3, 0.4) is 0 Å². The number of fused-ring (bicyclic) bond motifs is 4. The van der Waals surface area contributed by atoms with E-state index in [9.17, 15) is 0 Å². The normalized spacial score (nSPS) is 14.6. The lowest BCUT2D eigenvalue weighted by molar-refractivity contribution is 0.0957. The van der Waals surface area contributed by atoms with E-state index in [1.807, 2.05) is 102 Å². The first kappa shape index (κ1) is 37.1. The highest BCUT2D eigenvalue weighted by Crippen LogP contribution is 2.45. The second kappa shape index (κ2) is 14.6. The second-order valence-electron chi connectivity index (χ2n) is 14.3. The number of carbonyl (C=O) groups is 1. The molecule has 0 saturated heterocycles. The summed E-state index contributed by atoms with van der Waals surface area (Å²) in [5.41, 5.74) is 10.5. The molecule has 1 amide bonds. The average molecular weight is 764 g/mol. The molecule has 12 heteroatoms. The lowest BCUT2D eigenvalue weighted by Gasteiger charge is -2.34. The van der Waals surface area contributed by atoms with E-state index < -0.39 is 0 Å². The summed E-state index contributed by atoms with van der Waals surface area (Å²) in [5.74, 6) is 1.20. The molecule has 0 saturated carbocycles. The topological polar surface area (TPSA) is 93.1 Å². The van der Waals surface area contributed by atoms with Gasteiger partial charge in [-0.15, -0.1) is 0 Å². The van der Waals surface area contributed by atoms with E-state index in [1.165, 1.54) is 0 Å². The smallest absolute Gasteiger partial charge is 0.275 e. The van der Waals surface area contributed by atoms with Gasteiger partial charge in [0.25, 0.3) is 5.91 Å². The maximum atomic E-state index is 15.2. The molecule has 0 spiro atoms. The van der Waals surface area contributed by atoms with Gasteiger partial charge in [0.1, 0.15) is 17.8 Å². The number of nitrogens with zero attached hydrogens (tertiary/aromatic N) is 8. The Hall–Kier alpha value is -5.19. The van der Waals surface area contributed by atoms with Crippen molar-refractivity contribution < 1.29 is 9.53 Å². The van der Waals surface area contributed by atoms with E-state index in [0.29, 0.717) is 42.5 Å². The van der Waals surface area contributed by atoms with Crippen LogP contribution in [0.5, 0.6) is 5.75 Å². The molecular weight excluding hydrogens is 719 g/mol. The summed E-state index contributed by atoms with van der Waals surface area (Å²) in [5, 5.41) is 9.47. The lowest BCUT2D eigenvalue weighted by atomic mass is 9.97. The van der Waals surface area contributed by atoms with E-state index in [-0.39, 0.29) is 11.9 Å². The molecule has 1 aliphatic heterocycles. The highest BCUT2D eigenvalue weighted by atomic mass is 35.5. The largest absolute Gasteiger partial charge is 0.494 e. The molecule has 10 nitrogen and oxygen atoms in total. The Balaban J connectivity index is 1.37. The molecule has 0 aliphatic carbocycles. The van der Waals surface area contributed by atoms with Crippen LogP contribution in [0, 0.1) is 27.7 Å². The maximum absolute atomic E-state index is 15.2. The highest BCUT2D eigenvalue weighted by Gasteiger charge is 2.37. The summed E-state index contributed by atoms with van der Waals surface area (Å²) < 4.78 is 10.5. The Kier molecular flexibility index (Phi) is 10.0. The summed E-state index contributed by atoms with van der Waals surface area (Å²) in [4.78, 5) is 30.4. The molecule has 278 valence electrons. The van der Waals surface area contributed by atoms with Crippen molar-refractivity contribution in [1.82, 2.24) is 24.1 Å². The Morgan fingerprint density at radius 1 is 1.00 bits per heavy atom. The molecule has 0 N–H and O–H groups in total. The number of amides is 1. The van der Waals surface area contributed by atoms with Gasteiger partial charge in [-0.1, -0.05) is 29.3 Å². The van der Waals surface area contributed by atoms with Crippen molar-refractivity contribution in [3.05, 3.63) is 104 Å². The molecule has 7 rings (SSSR count). The fourth-order valence-corrected chi connectivity index (χ4v) is 8.21. The molecule has 1 aliphatic rings. The summed E-state index contributed by atoms with van der Waals surface area (Å²) >= 11 is 13.5. The van der Waals surface area contributed by atoms with Crippen molar-refractivity contribution >= 4 is 69.2 Å². The second-order valence-corrected chi connectivity index (χ2v) is 15.1. The number of hydrogen-bond acceptors (Lipinski definition) is 6. The standard InChI is InChI=1S/C42H44Cl2N8O2/c1-23-17-29(18-24(2)38(23)44)54-16-10-11-30-31-13-14-33(43)37(36-26(4)46-22-47-27(36)5)39(31)52-25(3)20-51(42(53)40(30)52)35-21-50(9)34-15-12-28(19-32(34)35)41(45-6)48-49(7)8/h12-15,17-19,21-22,25H,6,10-11,16,20H2,1-5,7-9H3/b48-41-/t25-/m1/s1. The molecule has 6 aromatic rings. The van der Waals surface area contributed by atoms with Gasteiger partial charge >= 0.3 is 0 Å². The van der Waals surface area contributed by atoms with Crippen LogP contribution in [0.2, 0.25) is 10.0 Å². The number of rotatable bonds is 9. The molecule has 54 heavy (non-hydrogen) atoms. The third kappa shape index (κ3) is 6.41. The molecule has 4 heterocycles. The number of hydrogen-bond donors (Lipinski definition) is 0. The van der Waals surface area contributed by atoms with Gasteiger partial charge in [0.2, 0.25) is 0 Å². The zero-order chi connectivity index (χ0) is 38.6. The van der Waals surface area contributed by atoms with Gasteiger partial charge in [0.15, 0.2) is 5.84 Å². The predicted octanol–water partition coefficient (Wildman–Crippen LogP) is 9.29. The van der Waals surface area contributed by atoms with Crippen LogP contribution >= 0.6 is 23.2 Å². The zero-order valence-corrected chi connectivity index (χ0v) is 33.5. The van der Waals surface area contributed by atoms with Gasteiger partial charge in [-0.2, -0.15) is 5.10 Å². The van der Waals surface area contributed by atoms with Gasteiger partial charge in [0.05, 0.1) is 22.8 Å². The van der Waals surface area contributed by atoms with Gasteiger partial charge in [-0.25, -0.2) is 15.0 Å². The van der Waals surface area contributed by atoms with Crippen LogP contribution in [-0.2, 0) is 13.5 Å². The summed E-state index contributed by atoms with van der Waals surface area (Å²) in [7, 11) is 5.69. The highest BCUT2D eigenvalue weighted by molar-refractivity contribution is 6.35. The van der Waals surface area contributed by atoms with Crippen molar-refractivity contribution in [3.63, 3.8) is 0 Å². The van der Waals surface area contributed by atoms with Crippen molar-refractivity contribution in [3.8, 4) is 16.9 Å². The van der Waals surface area contributed by atoms with Crippen LogP contribution in [-0.4, -0.2) is 69.8 Å². The van der Waals surface area contributed by atoms with E-state index in [0.717, 1.165) is 83.0 Å².